The summed E-state index contributed by atoms with van der Waals surface area (Å²) in [5, 5.41) is 10.3. The van der Waals surface area contributed by atoms with Gasteiger partial charge in [0.25, 0.3) is 0 Å². The fraction of sp³-hybridized carbons (Fsp3) is 0.667. The summed E-state index contributed by atoms with van der Waals surface area (Å²) in [7, 11) is 0. The van der Waals surface area contributed by atoms with Gasteiger partial charge in [0.05, 0.1) is 12.7 Å². The summed E-state index contributed by atoms with van der Waals surface area (Å²) in [4.78, 5) is 0. The van der Waals surface area contributed by atoms with E-state index in [9.17, 15) is 5.11 Å². The summed E-state index contributed by atoms with van der Waals surface area (Å²) < 4.78 is 5.73. The van der Waals surface area contributed by atoms with Crippen molar-refractivity contribution in [1.29, 1.82) is 0 Å². The number of rotatable bonds is 2. The van der Waals surface area contributed by atoms with E-state index in [1.54, 1.807) is 0 Å². The molecule has 1 heterocycles. The summed E-state index contributed by atoms with van der Waals surface area (Å²) in [6, 6.07) is 6.34. The van der Waals surface area contributed by atoms with Crippen LogP contribution in [0.1, 0.15) is 71.1 Å². The average Bonchev–Trinajstić information content (AvgIpc) is 2.48. The van der Waals surface area contributed by atoms with Gasteiger partial charge in [-0.15, -0.1) is 0 Å². The summed E-state index contributed by atoms with van der Waals surface area (Å²) in [6.07, 6.45) is 2.42. The highest BCUT2D eigenvalue weighted by Gasteiger charge is 2.29. The molecule has 1 atom stereocenters. The lowest BCUT2D eigenvalue weighted by Gasteiger charge is -2.33. The molecule has 1 aliphatic heterocycles. The normalized spacial score (nSPS) is 20.0. The molecule has 0 saturated heterocycles. The molecule has 0 aliphatic carbocycles. The first-order valence-corrected chi connectivity index (χ1v) is 7.64. The fourth-order valence-corrected chi connectivity index (χ4v) is 3.40. The van der Waals surface area contributed by atoms with Crippen LogP contribution in [0.25, 0.3) is 0 Å². The first kappa shape index (κ1) is 15.4. The zero-order chi connectivity index (χ0) is 15.0. The molecule has 1 aromatic carbocycles. The van der Waals surface area contributed by atoms with E-state index in [0.717, 1.165) is 30.6 Å². The van der Waals surface area contributed by atoms with Gasteiger partial charge in [-0.2, -0.15) is 0 Å². The third kappa shape index (κ3) is 3.54. The van der Waals surface area contributed by atoms with Crippen molar-refractivity contribution in [2.24, 2.45) is 5.41 Å². The smallest absolute Gasteiger partial charge is 0.125 e. The summed E-state index contributed by atoms with van der Waals surface area (Å²) in [5.41, 5.74) is 2.63. The van der Waals surface area contributed by atoms with E-state index >= 15 is 0 Å². The standard InChI is InChI=1S/C18H28O2/c1-17(2,3)12-18(4,5)13-8-9-16-14(11-13)15(19)7-6-10-20-16/h8-9,11,15,19H,6-7,10,12H2,1-5H3/t15-/m1/s1. The highest BCUT2D eigenvalue weighted by atomic mass is 16.5. The van der Waals surface area contributed by atoms with Crippen molar-refractivity contribution in [3.8, 4) is 5.75 Å². The predicted octanol–water partition coefficient (Wildman–Crippen LogP) is 4.61. The summed E-state index contributed by atoms with van der Waals surface area (Å²) in [6.45, 7) is 12.1. The van der Waals surface area contributed by atoms with Crippen molar-refractivity contribution in [2.75, 3.05) is 6.61 Å². The predicted molar refractivity (Wildman–Crippen MR) is 83.2 cm³/mol. The number of fused-ring (bicyclic) bond motifs is 1. The Morgan fingerprint density at radius 3 is 2.55 bits per heavy atom. The van der Waals surface area contributed by atoms with Crippen LogP contribution in [-0.4, -0.2) is 11.7 Å². The molecule has 1 aromatic rings. The van der Waals surface area contributed by atoms with Gasteiger partial charge in [0.1, 0.15) is 5.75 Å². The van der Waals surface area contributed by atoms with Crippen molar-refractivity contribution in [3.63, 3.8) is 0 Å². The van der Waals surface area contributed by atoms with Gasteiger partial charge in [0.15, 0.2) is 0 Å². The third-order valence-electron chi connectivity index (χ3n) is 4.00. The topological polar surface area (TPSA) is 29.5 Å². The zero-order valence-electron chi connectivity index (χ0n) is 13.5. The molecule has 0 bridgehead atoms. The molecule has 0 radical (unpaired) electrons. The van der Waals surface area contributed by atoms with Gasteiger partial charge in [-0.3, -0.25) is 0 Å². The van der Waals surface area contributed by atoms with Crippen molar-refractivity contribution in [1.82, 2.24) is 0 Å². The van der Waals surface area contributed by atoms with E-state index in [-0.39, 0.29) is 10.8 Å². The van der Waals surface area contributed by atoms with Crippen LogP contribution >= 0.6 is 0 Å². The van der Waals surface area contributed by atoms with Crippen molar-refractivity contribution in [3.05, 3.63) is 29.3 Å². The quantitative estimate of drug-likeness (QED) is 0.855. The molecule has 0 fully saturated rings. The molecule has 1 N–H and O–H groups in total. The van der Waals surface area contributed by atoms with E-state index in [0.29, 0.717) is 6.61 Å². The second-order valence-corrected chi connectivity index (χ2v) is 7.88. The minimum atomic E-state index is -0.391. The van der Waals surface area contributed by atoms with Gasteiger partial charge < -0.3 is 9.84 Å². The molecule has 0 spiro atoms. The van der Waals surface area contributed by atoms with E-state index < -0.39 is 6.10 Å². The van der Waals surface area contributed by atoms with Crippen molar-refractivity contribution in [2.45, 2.75) is 65.4 Å². The molecular weight excluding hydrogens is 248 g/mol. The minimum Gasteiger partial charge on any atom is -0.493 e. The largest absolute Gasteiger partial charge is 0.493 e. The lowest BCUT2D eigenvalue weighted by Crippen LogP contribution is -2.25. The van der Waals surface area contributed by atoms with E-state index in [1.165, 1.54) is 5.56 Å². The van der Waals surface area contributed by atoms with Gasteiger partial charge >= 0.3 is 0 Å². The first-order valence-electron chi connectivity index (χ1n) is 7.64. The molecular formula is C18H28O2. The highest BCUT2D eigenvalue weighted by Crippen LogP contribution is 2.40. The number of hydrogen-bond acceptors (Lipinski definition) is 2. The third-order valence-corrected chi connectivity index (χ3v) is 4.00. The molecule has 2 heteroatoms. The number of hydrogen-bond donors (Lipinski definition) is 1. The number of benzene rings is 1. The SMILES string of the molecule is CC(C)(C)CC(C)(C)c1ccc2c(c1)[C@H](O)CCCO2. The van der Waals surface area contributed by atoms with Crippen molar-refractivity contribution >= 4 is 0 Å². The van der Waals surface area contributed by atoms with E-state index in [2.05, 4.69) is 46.8 Å². The Labute approximate surface area is 123 Å². The second-order valence-electron chi connectivity index (χ2n) is 7.88. The Morgan fingerprint density at radius 2 is 1.90 bits per heavy atom. The van der Waals surface area contributed by atoms with E-state index in [4.69, 9.17) is 4.74 Å². The molecule has 1 aliphatic rings. The first-order chi connectivity index (χ1) is 9.19. The van der Waals surface area contributed by atoms with Crippen LogP contribution in [-0.2, 0) is 5.41 Å². The molecule has 0 unspecified atom stereocenters. The molecule has 0 saturated carbocycles. The lowest BCUT2D eigenvalue weighted by molar-refractivity contribution is 0.167. The van der Waals surface area contributed by atoms with Gasteiger partial charge in [-0.1, -0.05) is 40.7 Å². The minimum absolute atomic E-state index is 0.0965. The Hall–Kier alpha value is -1.02. The lowest BCUT2D eigenvalue weighted by atomic mass is 9.72. The van der Waals surface area contributed by atoms with Gasteiger partial charge in [0.2, 0.25) is 0 Å². The second kappa shape index (κ2) is 5.40. The number of aliphatic hydroxyl groups is 1. The van der Waals surface area contributed by atoms with Crippen LogP contribution in [0.15, 0.2) is 18.2 Å². The molecule has 2 nitrogen and oxygen atoms in total. The average molecular weight is 276 g/mol. The maximum absolute atomic E-state index is 10.3. The molecule has 112 valence electrons. The number of aliphatic hydroxyl groups excluding tert-OH is 1. The Balaban J connectivity index is 2.34. The van der Waals surface area contributed by atoms with Crippen LogP contribution in [0.2, 0.25) is 0 Å². The van der Waals surface area contributed by atoms with Crippen LogP contribution < -0.4 is 4.74 Å². The molecule has 0 aromatic heterocycles. The maximum Gasteiger partial charge on any atom is 0.125 e. The van der Waals surface area contributed by atoms with Crippen molar-refractivity contribution < 1.29 is 9.84 Å². The fourth-order valence-electron chi connectivity index (χ4n) is 3.40. The van der Waals surface area contributed by atoms with Crippen LogP contribution in [0.4, 0.5) is 0 Å². The Bertz CT molecular complexity index is 469. The molecule has 2 rings (SSSR count). The van der Waals surface area contributed by atoms with Crippen LogP contribution in [0.3, 0.4) is 0 Å². The molecule has 20 heavy (non-hydrogen) atoms. The van der Waals surface area contributed by atoms with Gasteiger partial charge in [0, 0.05) is 5.56 Å². The Kier molecular flexibility index (Phi) is 4.15. The monoisotopic (exact) mass is 276 g/mol. The highest BCUT2D eigenvalue weighted by molar-refractivity contribution is 5.41. The van der Waals surface area contributed by atoms with E-state index in [1.807, 2.05) is 6.07 Å². The van der Waals surface area contributed by atoms with Crippen LogP contribution in [0, 0.1) is 5.41 Å². The Morgan fingerprint density at radius 1 is 1.20 bits per heavy atom. The zero-order valence-corrected chi connectivity index (χ0v) is 13.5. The summed E-state index contributed by atoms with van der Waals surface area (Å²) in [5.74, 6) is 0.852. The van der Waals surface area contributed by atoms with Gasteiger partial charge in [-0.25, -0.2) is 0 Å². The van der Waals surface area contributed by atoms with Gasteiger partial charge in [-0.05, 0) is 47.8 Å². The number of ether oxygens (including phenoxy) is 1. The maximum atomic E-state index is 10.3. The molecule has 0 amide bonds. The summed E-state index contributed by atoms with van der Waals surface area (Å²) >= 11 is 0. The van der Waals surface area contributed by atoms with Crippen LogP contribution in [0.5, 0.6) is 5.75 Å².